The Morgan fingerprint density at radius 2 is 2.04 bits per heavy atom. The topological polar surface area (TPSA) is 83.7 Å². The lowest BCUT2D eigenvalue weighted by Crippen LogP contribution is -2.45. The molecule has 1 N–H and O–H groups in total. The fraction of sp³-hybridized carbons (Fsp3) is 0.550. The molecule has 2 aromatic rings. The standard InChI is InChI=1S/C20H27N5O3/c1-13-9-18(28-23-13)17-5-4-8-25(17)20(26)22-16-6-7-19(21-10-16)24-11-14(2)27-15(3)12-24/h6-7,9-10,14-15,17H,4-5,8,11-12H2,1-3H3,(H,22,26)/t14-,15-,17-/m0/s1. The minimum absolute atomic E-state index is 0.0650. The predicted octanol–water partition coefficient (Wildman–Crippen LogP) is 3.36. The lowest BCUT2D eigenvalue weighted by Gasteiger charge is -2.36. The lowest BCUT2D eigenvalue weighted by atomic mass is 10.1. The van der Waals surface area contributed by atoms with Crippen molar-refractivity contribution < 1.29 is 14.1 Å². The second-order valence-electron chi connectivity index (χ2n) is 7.72. The second kappa shape index (κ2) is 7.79. The van der Waals surface area contributed by atoms with Crippen LogP contribution in [0, 0.1) is 6.92 Å². The molecule has 3 atom stereocenters. The number of likely N-dealkylation sites (tertiary alicyclic amines) is 1. The van der Waals surface area contributed by atoms with Crippen LogP contribution in [0.5, 0.6) is 0 Å². The number of anilines is 2. The molecule has 0 radical (unpaired) electrons. The molecule has 0 saturated carbocycles. The summed E-state index contributed by atoms with van der Waals surface area (Å²) in [5.74, 6) is 1.64. The number of aryl methyl sites for hydroxylation is 1. The van der Waals surface area contributed by atoms with Crippen LogP contribution in [0.25, 0.3) is 0 Å². The van der Waals surface area contributed by atoms with E-state index in [-0.39, 0.29) is 24.3 Å². The zero-order valence-corrected chi connectivity index (χ0v) is 16.6. The SMILES string of the molecule is Cc1cc([C@@H]2CCCN2C(=O)Nc2ccc(N3C[C@H](C)O[C@@H](C)C3)nc2)on1. The molecule has 8 heteroatoms. The van der Waals surface area contributed by atoms with Gasteiger partial charge < -0.3 is 24.4 Å². The molecule has 0 aromatic carbocycles. The molecule has 28 heavy (non-hydrogen) atoms. The number of carbonyl (C=O) groups excluding carboxylic acids is 1. The van der Waals surface area contributed by atoms with Gasteiger partial charge in [0.15, 0.2) is 5.76 Å². The number of hydrogen-bond donors (Lipinski definition) is 1. The molecule has 2 aliphatic rings. The summed E-state index contributed by atoms with van der Waals surface area (Å²) in [6.45, 7) is 8.35. The van der Waals surface area contributed by atoms with Crippen molar-refractivity contribution in [2.75, 3.05) is 29.9 Å². The maximum absolute atomic E-state index is 12.8. The van der Waals surface area contributed by atoms with E-state index in [0.717, 1.165) is 43.2 Å². The molecule has 0 unspecified atom stereocenters. The third-order valence-electron chi connectivity index (χ3n) is 5.23. The Kier molecular flexibility index (Phi) is 5.21. The third-order valence-corrected chi connectivity index (χ3v) is 5.23. The van der Waals surface area contributed by atoms with Gasteiger partial charge in [0.05, 0.1) is 35.8 Å². The molecule has 4 rings (SSSR count). The van der Waals surface area contributed by atoms with Gasteiger partial charge in [0, 0.05) is 25.7 Å². The molecule has 2 aromatic heterocycles. The highest BCUT2D eigenvalue weighted by Gasteiger charge is 2.32. The highest BCUT2D eigenvalue weighted by Crippen LogP contribution is 2.32. The fourth-order valence-corrected chi connectivity index (χ4v) is 4.05. The van der Waals surface area contributed by atoms with Gasteiger partial charge in [-0.2, -0.15) is 0 Å². The summed E-state index contributed by atoms with van der Waals surface area (Å²) in [6, 6.07) is 5.54. The first-order valence-corrected chi connectivity index (χ1v) is 9.87. The molecule has 2 aliphatic heterocycles. The van der Waals surface area contributed by atoms with Crippen molar-refractivity contribution in [2.45, 2.75) is 51.9 Å². The second-order valence-corrected chi connectivity index (χ2v) is 7.72. The Balaban J connectivity index is 1.40. The van der Waals surface area contributed by atoms with E-state index in [1.807, 2.05) is 25.1 Å². The van der Waals surface area contributed by atoms with E-state index >= 15 is 0 Å². The van der Waals surface area contributed by atoms with Crippen molar-refractivity contribution in [2.24, 2.45) is 0 Å². The first-order chi connectivity index (χ1) is 13.5. The molecule has 2 amide bonds. The number of carbonyl (C=O) groups is 1. The molecule has 2 saturated heterocycles. The average Bonchev–Trinajstić information content (AvgIpc) is 3.30. The molecule has 0 spiro atoms. The van der Waals surface area contributed by atoms with Crippen molar-refractivity contribution in [3.63, 3.8) is 0 Å². The van der Waals surface area contributed by atoms with Gasteiger partial charge in [-0.1, -0.05) is 5.16 Å². The highest BCUT2D eigenvalue weighted by molar-refractivity contribution is 5.89. The zero-order valence-electron chi connectivity index (χ0n) is 16.6. The zero-order chi connectivity index (χ0) is 19.7. The summed E-state index contributed by atoms with van der Waals surface area (Å²) in [7, 11) is 0. The number of hydrogen-bond acceptors (Lipinski definition) is 6. The van der Waals surface area contributed by atoms with E-state index < -0.39 is 0 Å². The summed E-state index contributed by atoms with van der Waals surface area (Å²) in [4.78, 5) is 21.3. The van der Waals surface area contributed by atoms with Crippen LogP contribution < -0.4 is 10.2 Å². The van der Waals surface area contributed by atoms with Gasteiger partial charge in [-0.15, -0.1) is 0 Å². The summed E-state index contributed by atoms with van der Waals surface area (Å²) in [5.41, 5.74) is 1.51. The van der Waals surface area contributed by atoms with Crippen molar-refractivity contribution in [3.8, 4) is 0 Å². The van der Waals surface area contributed by atoms with E-state index in [9.17, 15) is 4.79 Å². The Hall–Kier alpha value is -2.61. The molecule has 0 bridgehead atoms. The van der Waals surface area contributed by atoms with Gasteiger partial charge in [-0.3, -0.25) is 0 Å². The molecule has 8 nitrogen and oxygen atoms in total. The molecular formula is C20H27N5O3. The first kappa shape index (κ1) is 18.7. The van der Waals surface area contributed by atoms with Crippen molar-refractivity contribution in [1.29, 1.82) is 0 Å². The van der Waals surface area contributed by atoms with Gasteiger partial charge in [-0.25, -0.2) is 9.78 Å². The van der Waals surface area contributed by atoms with Crippen LogP contribution in [0.4, 0.5) is 16.3 Å². The van der Waals surface area contributed by atoms with Crippen LogP contribution in [0.1, 0.15) is 44.2 Å². The highest BCUT2D eigenvalue weighted by atomic mass is 16.5. The Morgan fingerprint density at radius 3 is 2.68 bits per heavy atom. The molecular weight excluding hydrogens is 358 g/mol. The predicted molar refractivity (Wildman–Crippen MR) is 105 cm³/mol. The van der Waals surface area contributed by atoms with Crippen LogP contribution in [-0.4, -0.2) is 52.9 Å². The molecule has 4 heterocycles. The monoisotopic (exact) mass is 385 g/mol. The van der Waals surface area contributed by atoms with Crippen LogP contribution >= 0.6 is 0 Å². The number of nitrogens with zero attached hydrogens (tertiary/aromatic N) is 4. The minimum atomic E-state index is -0.139. The minimum Gasteiger partial charge on any atom is -0.372 e. The van der Waals surface area contributed by atoms with E-state index in [0.29, 0.717) is 12.2 Å². The smallest absolute Gasteiger partial charge is 0.322 e. The number of amides is 2. The van der Waals surface area contributed by atoms with Crippen molar-refractivity contribution >= 4 is 17.5 Å². The number of morpholine rings is 1. The van der Waals surface area contributed by atoms with Gasteiger partial charge in [0.25, 0.3) is 0 Å². The Bertz CT molecular complexity index is 812. The van der Waals surface area contributed by atoms with Crippen molar-refractivity contribution in [1.82, 2.24) is 15.0 Å². The van der Waals surface area contributed by atoms with Gasteiger partial charge >= 0.3 is 6.03 Å². The Labute approximate surface area is 164 Å². The maximum Gasteiger partial charge on any atom is 0.322 e. The van der Waals surface area contributed by atoms with Crippen LogP contribution in [-0.2, 0) is 4.74 Å². The number of pyridine rings is 1. The largest absolute Gasteiger partial charge is 0.372 e. The van der Waals surface area contributed by atoms with Crippen LogP contribution in [0.15, 0.2) is 28.9 Å². The van der Waals surface area contributed by atoms with E-state index in [2.05, 4.69) is 34.2 Å². The van der Waals surface area contributed by atoms with E-state index in [4.69, 9.17) is 9.26 Å². The van der Waals surface area contributed by atoms with E-state index in [1.165, 1.54) is 0 Å². The van der Waals surface area contributed by atoms with Crippen LogP contribution in [0.2, 0.25) is 0 Å². The summed E-state index contributed by atoms with van der Waals surface area (Å²) in [5, 5.41) is 6.90. The normalized spacial score (nSPS) is 25.2. The van der Waals surface area contributed by atoms with Gasteiger partial charge in [0.2, 0.25) is 0 Å². The van der Waals surface area contributed by atoms with Crippen LogP contribution in [0.3, 0.4) is 0 Å². The van der Waals surface area contributed by atoms with Crippen molar-refractivity contribution in [3.05, 3.63) is 35.9 Å². The van der Waals surface area contributed by atoms with Gasteiger partial charge in [0.1, 0.15) is 5.82 Å². The fourth-order valence-electron chi connectivity index (χ4n) is 4.05. The molecule has 150 valence electrons. The molecule has 2 fully saturated rings. The maximum atomic E-state index is 12.8. The summed E-state index contributed by atoms with van der Waals surface area (Å²) < 4.78 is 11.2. The first-order valence-electron chi connectivity index (χ1n) is 9.87. The lowest BCUT2D eigenvalue weighted by molar-refractivity contribution is -0.00545. The number of urea groups is 1. The summed E-state index contributed by atoms with van der Waals surface area (Å²) >= 11 is 0. The number of nitrogens with one attached hydrogen (secondary N) is 1. The Morgan fingerprint density at radius 1 is 1.25 bits per heavy atom. The summed E-state index contributed by atoms with van der Waals surface area (Å²) in [6.07, 6.45) is 3.89. The number of rotatable bonds is 3. The quantitative estimate of drug-likeness (QED) is 0.872. The van der Waals surface area contributed by atoms with Gasteiger partial charge in [-0.05, 0) is 45.7 Å². The number of ether oxygens (including phenoxy) is 1. The molecule has 0 aliphatic carbocycles. The number of aromatic nitrogens is 2. The average molecular weight is 385 g/mol. The third kappa shape index (κ3) is 3.96. The van der Waals surface area contributed by atoms with E-state index in [1.54, 1.807) is 11.1 Å².